The number of hydrogen-bond donors (Lipinski definition) is 1. The van der Waals surface area contributed by atoms with Crippen molar-refractivity contribution < 1.29 is 9.53 Å². The molecule has 0 spiro atoms. The Morgan fingerprint density at radius 2 is 1.97 bits per heavy atom. The number of nitrogens with one attached hydrogen (secondary N) is 1. The molecule has 5 rings (SSSR count). The Kier molecular flexibility index (Phi) is 6.14. The highest BCUT2D eigenvalue weighted by Crippen LogP contribution is 2.43. The molecule has 2 unspecified atom stereocenters. The molecule has 2 atom stereocenters. The van der Waals surface area contributed by atoms with Crippen LogP contribution in [0.3, 0.4) is 0 Å². The first-order valence-corrected chi connectivity index (χ1v) is 12.3. The molecule has 6 nitrogen and oxygen atoms in total. The lowest BCUT2D eigenvalue weighted by molar-refractivity contribution is -0.146. The first-order valence-electron chi connectivity index (χ1n) is 11.5. The zero-order chi connectivity index (χ0) is 21.2. The molecule has 7 heteroatoms. The minimum absolute atomic E-state index is 0.0144. The van der Waals surface area contributed by atoms with Crippen LogP contribution in [0.5, 0.6) is 0 Å². The van der Waals surface area contributed by atoms with Crippen LogP contribution in [0.25, 0.3) is 0 Å². The first-order chi connectivity index (χ1) is 15.2. The van der Waals surface area contributed by atoms with Gasteiger partial charge in [0, 0.05) is 43.3 Å². The number of carbonyl (C=O) groups excluding carboxylic acids is 1. The standard InChI is InChI=1S/C24H30N4O2S/c1-2-30-22(29)12-19-17-5-3-4-6-18(19)15-28(14-17)13-16-7-8-21-20(11-16)27-23-24(31-21)26-10-9-25-23/h7-11,17-19H,2-6,12-15H2,1H3,(H,25,27). The molecule has 3 aliphatic rings. The van der Waals surface area contributed by atoms with E-state index in [9.17, 15) is 4.79 Å². The maximum atomic E-state index is 12.2. The van der Waals surface area contributed by atoms with Gasteiger partial charge in [-0.05, 0) is 55.2 Å². The van der Waals surface area contributed by atoms with Crippen molar-refractivity contribution in [3.05, 3.63) is 36.2 Å². The van der Waals surface area contributed by atoms with E-state index in [-0.39, 0.29) is 5.97 Å². The van der Waals surface area contributed by atoms with Crippen LogP contribution in [0.1, 0.15) is 44.6 Å². The summed E-state index contributed by atoms with van der Waals surface area (Å²) in [6, 6.07) is 6.69. The summed E-state index contributed by atoms with van der Waals surface area (Å²) in [6.07, 6.45) is 9.09. The van der Waals surface area contributed by atoms with Crippen molar-refractivity contribution in [2.45, 2.75) is 55.5 Å². The average Bonchev–Trinajstić information content (AvgIpc) is 2.87. The van der Waals surface area contributed by atoms with Gasteiger partial charge in [0.1, 0.15) is 5.03 Å². The second-order valence-electron chi connectivity index (χ2n) is 8.94. The molecule has 2 aliphatic heterocycles. The summed E-state index contributed by atoms with van der Waals surface area (Å²) in [5.41, 5.74) is 2.44. The molecule has 2 aromatic rings. The minimum Gasteiger partial charge on any atom is -0.466 e. The van der Waals surface area contributed by atoms with Gasteiger partial charge in [-0.25, -0.2) is 9.97 Å². The molecule has 1 N–H and O–H groups in total. The Labute approximate surface area is 188 Å². The van der Waals surface area contributed by atoms with Gasteiger partial charge < -0.3 is 10.1 Å². The van der Waals surface area contributed by atoms with Crippen molar-refractivity contribution in [1.29, 1.82) is 0 Å². The number of aromatic nitrogens is 2. The normalized spacial score (nSPS) is 25.0. The van der Waals surface area contributed by atoms with E-state index in [0.717, 1.165) is 36.2 Å². The quantitative estimate of drug-likeness (QED) is 0.570. The third-order valence-corrected chi connectivity index (χ3v) is 7.95. The number of piperidine rings is 1. The van der Waals surface area contributed by atoms with E-state index in [1.54, 1.807) is 24.2 Å². The summed E-state index contributed by atoms with van der Waals surface area (Å²) in [5.74, 6) is 2.50. The van der Waals surface area contributed by atoms with Crippen LogP contribution in [0.15, 0.2) is 40.5 Å². The van der Waals surface area contributed by atoms with Crippen LogP contribution >= 0.6 is 11.8 Å². The van der Waals surface area contributed by atoms with Crippen LogP contribution in [0, 0.1) is 17.8 Å². The average molecular weight is 439 g/mol. The van der Waals surface area contributed by atoms with Gasteiger partial charge in [-0.15, -0.1) is 0 Å². The van der Waals surface area contributed by atoms with Crippen molar-refractivity contribution in [3.8, 4) is 0 Å². The number of likely N-dealkylation sites (tertiary alicyclic amines) is 1. The van der Waals surface area contributed by atoms with E-state index >= 15 is 0 Å². The molecule has 1 aromatic heterocycles. The summed E-state index contributed by atoms with van der Waals surface area (Å²) < 4.78 is 5.28. The number of anilines is 2. The molecule has 2 fully saturated rings. The van der Waals surface area contributed by atoms with Crippen molar-refractivity contribution in [3.63, 3.8) is 0 Å². The maximum Gasteiger partial charge on any atom is 0.306 e. The first kappa shape index (κ1) is 20.8. The van der Waals surface area contributed by atoms with Crippen molar-refractivity contribution >= 4 is 29.2 Å². The van der Waals surface area contributed by atoms with Crippen LogP contribution in [0.2, 0.25) is 0 Å². The van der Waals surface area contributed by atoms with Crippen LogP contribution in [-0.4, -0.2) is 40.5 Å². The van der Waals surface area contributed by atoms with Gasteiger partial charge >= 0.3 is 5.97 Å². The molecule has 1 saturated heterocycles. The Bertz CT molecular complexity index is 937. The van der Waals surface area contributed by atoms with Gasteiger partial charge in [0.2, 0.25) is 0 Å². The van der Waals surface area contributed by atoms with Gasteiger partial charge in [0.25, 0.3) is 0 Å². The van der Waals surface area contributed by atoms with E-state index in [1.165, 1.54) is 36.1 Å². The molecule has 31 heavy (non-hydrogen) atoms. The summed E-state index contributed by atoms with van der Waals surface area (Å²) >= 11 is 1.67. The Balaban J connectivity index is 1.28. The smallest absolute Gasteiger partial charge is 0.306 e. The zero-order valence-corrected chi connectivity index (χ0v) is 18.9. The Hall–Kier alpha value is -2.12. The lowest BCUT2D eigenvalue weighted by Crippen LogP contribution is -2.45. The van der Waals surface area contributed by atoms with Crippen LogP contribution in [-0.2, 0) is 16.1 Å². The molecule has 0 amide bonds. The third-order valence-electron chi connectivity index (χ3n) is 6.88. The molecule has 2 bridgehead atoms. The SMILES string of the molecule is CCOC(=O)CC1C2CCCCC1CN(Cc1ccc3c(c1)Nc1nccnc1S3)C2. The zero-order valence-electron chi connectivity index (χ0n) is 18.0. The Morgan fingerprint density at radius 1 is 1.19 bits per heavy atom. The fourth-order valence-corrected chi connectivity index (χ4v) is 6.41. The number of carbonyl (C=O) groups is 1. The summed E-state index contributed by atoms with van der Waals surface area (Å²) in [4.78, 5) is 24.8. The molecular formula is C24H30N4O2S. The van der Waals surface area contributed by atoms with Crippen LogP contribution in [0.4, 0.5) is 11.5 Å². The number of fused-ring (bicyclic) bond motifs is 4. The molecule has 1 aromatic carbocycles. The second-order valence-corrected chi connectivity index (χ2v) is 9.97. The highest BCUT2D eigenvalue weighted by atomic mass is 32.2. The summed E-state index contributed by atoms with van der Waals surface area (Å²) in [5, 5.41) is 4.37. The maximum absolute atomic E-state index is 12.2. The monoisotopic (exact) mass is 438 g/mol. The predicted molar refractivity (Wildman–Crippen MR) is 121 cm³/mol. The van der Waals surface area contributed by atoms with Gasteiger partial charge in [0.05, 0.1) is 12.3 Å². The van der Waals surface area contributed by atoms with E-state index in [4.69, 9.17) is 4.74 Å². The van der Waals surface area contributed by atoms with Gasteiger partial charge in [0.15, 0.2) is 5.82 Å². The number of ether oxygens (including phenoxy) is 1. The number of nitrogens with zero attached hydrogens (tertiary/aromatic N) is 3. The summed E-state index contributed by atoms with van der Waals surface area (Å²) in [6.45, 7) is 5.48. The lowest BCUT2D eigenvalue weighted by atomic mass is 9.75. The van der Waals surface area contributed by atoms with Crippen molar-refractivity contribution in [1.82, 2.24) is 14.9 Å². The predicted octanol–water partition coefficient (Wildman–Crippen LogP) is 4.88. The van der Waals surface area contributed by atoms with E-state index in [0.29, 0.717) is 30.8 Å². The third kappa shape index (κ3) is 4.58. The van der Waals surface area contributed by atoms with Crippen molar-refractivity contribution in [2.75, 3.05) is 25.0 Å². The fraction of sp³-hybridized carbons (Fsp3) is 0.542. The van der Waals surface area contributed by atoms with Gasteiger partial charge in [-0.2, -0.15) is 0 Å². The number of benzene rings is 1. The second kappa shape index (κ2) is 9.17. The molecule has 1 saturated carbocycles. The lowest BCUT2D eigenvalue weighted by Gasteiger charge is -2.42. The van der Waals surface area contributed by atoms with E-state index < -0.39 is 0 Å². The highest BCUT2D eigenvalue weighted by molar-refractivity contribution is 7.99. The molecule has 3 heterocycles. The number of esters is 1. The van der Waals surface area contributed by atoms with Gasteiger partial charge in [-0.1, -0.05) is 30.7 Å². The molecule has 0 radical (unpaired) electrons. The van der Waals surface area contributed by atoms with E-state index in [1.807, 2.05) is 6.92 Å². The molecular weight excluding hydrogens is 408 g/mol. The fourth-order valence-electron chi connectivity index (χ4n) is 5.53. The van der Waals surface area contributed by atoms with E-state index in [2.05, 4.69) is 38.4 Å². The topological polar surface area (TPSA) is 67.3 Å². The number of rotatable bonds is 5. The van der Waals surface area contributed by atoms with Crippen molar-refractivity contribution in [2.24, 2.45) is 17.8 Å². The highest BCUT2D eigenvalue weighted by Gasteiger charge is 2.39. The Morgan fingerprint density at radius 3 is 2.74 bits per heavy atom. The largest absolute Gasteiger partial charge is 0.466 e. The van der Waals surface area contributed by atoms with Gasteiger partial charge in [-0.3, -0.25) is 9.69 Å². The molecule has 164 valence electrons. The summed E-state index contributed by atoms with van der Waals surface area (Å²) in [7, 11) is 0. The minimum atomic E-state index is -0.0144. The number of hydrogen-bond acceptors (Lipinski definition) is 7. The molecule has 1 aliphatic carbocycles. The van der Waals surface area contributed by atoms with Crippen LogP contribution < -0.4 is 5.32 Å².